The highest BCUT2D eigenvalue weighted by atomic mass is 15.1. The van der Waals surface area contributed by atoms with E-state index in [2.05, 4.69) is 136 Å². The molecule has 0 aliphatic heterocycles. The van der Waals surface area contributed by atoms with Gasteiger partial charge in [-0.1, -0.05) is 158 Å². The van der Waals surface area contributed by atoms with Gasteiger partial charge in [-0.15, -0.1) is 0 Å². The first kappa shape index (κ1) is 29.8. The van der Waals surface area contributed by atoms with Gasteiger partial charge in [0.25, 0.3) is 0 Å². The van der Waals surface area contributed by atoms with E-state index in [1.165, 1.54) is 27.6 Å². The average molecular weight is 666 g/mol. The summed E-state index contributed by atoms with van der Waals surface area (Å²) in [5, 5.41) is 1.20. The van der Waals surface area contributed by atoms with Crippen LogP contribution >= 0.6 is 0 Å². The van der Waals surface area contributed by atoms with Gasteiger partial charge in [0.2, 0.25) is 0 Å². The molecular formula is C47H31N5. The van der Waals surface area contributed by atoms with Gasteiger partial charge in [0.1, 0.15) is 5.65 Å². The first-order valence-electron chi connectivity index (χ1n) is 17.5. The Bertz CT molecular complexity index is 2800. The van der Waals surface area contributed by atoms with Gasteiger partial charge in [-0.25, -0.2) is 15.0 Å². The zero-order valence-corrected chi connectivity index (χ0v) is 28.1. The van der Waals surface area contributed by atoms with Gasteiger partial charge in [-0.3, -0.25) is 8.97 Å². The van der Waals surface area contributed by atoms with Crippen molar-refractivity contribution in [3.05, 3.63) is 188 Å². The first-order valence-corrected chi connectivity index (χ1v) is 17.5. The fourth-order valence-corrected chi connectivity index (χ4v) is 7.34. The Kier molecular flexibility index (Phi) is 7.07. The molecule has 0 saturated heterocycles. The van der Waals surface area contributed by atoms with Gasteiger partial charge in [0.05, 0.1) is 16.6 Å². The second kappa shape index (κ2) is 12.3. The number of fused-ring (bicyclic) bond motifs is 5. The van der Waals surface area contributed by atoms with Gasteiger partial charge < -0.3 is 0 Å². The molecular weight excluding hydrogens is 635 g/mol. The lowest BCUT2D eigenvalue weighted by Gasteiger charge is -2.11. The molecule has 0 unspecified atom stereocenters. The lowest BCUT2D eigenvalue weighted by molar-refractivity contribution is 1.07. The van der Waals surface area contributed by atoms with Crippen LogP contribution < -0.4 is 0 Å². The van der Waals surface area contributed by atoms with E-state index in [0.717, 1.165) is 44.6 Å². The molecule has 3 aromatic heterocycles. The van der Waals surface area contributed by atoms with Gasteiger partial charge >= 0.3 is 0 Å². The molecule has 0 fully saturated rings. The highest BCUT2D eigenvalue weighted by Gasteiger charge is 2.22. The Labute approximate surface area is 300 Å². The van der Waals surface area contributed by atoms with E-state index in [1.807, 2.05) is 60.7 Å². The van der Waals surface area contributed by atoms with Gasteiger partial charge in [-0.2, -0.15) is 0 Å². The van der Waals surface area contributed by atoms with Crippen molar-refractivity contribution in [2.45, 2.75) is 0 Å². The van der Waals surface area contributed by atoms with E-state index in [-0.39, 0.29) is 0 Å². The van der Waals surface area contributed by atoms with Crippen molar-refractivity contribution >= 4 is 27.6 Å². The van der Waals surface area contributed by atoms with Crippen LogP contribution in [0.3, 0.4) is 0 Å². The van der Waals surface area contributed by atoms with Crippen molar-refractivity contribution in [3.63, 3.8) is 0 Å². The summed E-state index contributed by atoms with van der Waals surface area (Å²) in [4.78, 5) is 14.8. The van der Waals surface area contributed by atoms with Crippen LogP contribution in [0.2, 0.25) is 0 Å². The molecule has 0 aliphatic carbocycles. The lowest BCUT2D eigenvalue weighted by atomic mass is 10.0. The first-order chi connectivity index (χ1) is 25.8. The van der Waals surface area contributed by atoms with Crippen LogP contribution in [0, 0.1) is 0 Å². The summed E-state index contributed by atoms with van der Waals surface area (Å²) in [6.45, 7) is 0. The van der Waals surface area contributed by atoms with Crippen molar-refractivity contribution in [2.75, 3.05) is 0 Å². The molecule has 7 aromatic carbocycles. The maximum absolute atomic E-state index is 4.97. The van der Waals surface area contributed by atoms with E-state index in [4.69, 9.17) is 15.0 Å². The molecule has 10 aromatic rings. The molecule has 0 aliphatic rings. The Morgan fingerprint density at radius 1 is 0.308 bits per heavy atom. The topological polar surface area (TPSA) is 48.0 Å². The summed E-state index contributed by atoms with van der Waals surface area (Å²) in [5.41, 5.74) is 13.2. The minimum atomic E-state index is 0.638. The molecule has 5 nitrogen and oxygen atoms in total. The molecule has 0 bridgehead atoms. The summed E-state index contributed by atoms with van der Waals surface area (Å²) in [7, 11) is 0. The quantitative estimate of drug-likeness (QED) is 0.178. The highest BCUT2D eigenvalue weighted by molar-refractivity contribution is 6.09. The monoisotopic (exact) mass is 665 g/mol. The number of nitrogens with zero attached hydrogens (tertiary/aromatic N) is 5. The molecule has 0 atom stereocenters. The van der Waals surface area contributed by atoms with Gasteiger partial charge in [0.15, 0.2) is 17.5 Å². The van der Waals surface area contributed by atoms with Crippen LogP contribution in [0.1, 0.15) is 0 Å². The van der Waals surface area contributed by atoms with Crippen LogP contribution in [0.4, 0.5) is 0 Å². The summed E-state index contributed by atoms with van der Waals surface area (Å²) in [5.74, 6) is 1.94. The molecule has 0 amide bonds. The van der Waals surface area contributed by atoms with E-state index in [1.54, 1.807) is 0 Å². The number of benzene rings is 7. The molecule has 0 spiro atoms. The summed E-state index contributed by atoms with van der Waals surface area (Å²) < 4.78 is 4.81. The molecule has 52 heavy (non-hydrogen) atoms. The van der Waals surface area contributed by atoms with Crippen molar-refractivity contribution < 1.29 is 0 Å². The smallest absolute Gasteiger partial charge is 0.164 e. The summed E-state index contributed by atoms with van der Waals surface area (Å²) in [6.07, 6.45) is 0. The van der Waals surface area contributed by atoms with Crippen LogP contribution in [-0.4, -0.2) is 23.9 Å². The number of hydrogen-bond acceptors (Lipinski definition) is 3. The predicted octanol–water partition coefficient (Wildman–Crippen LogP) is 11.6. The molecule has 244 valence electrons. The van der Waals surface area contributed by atoms with Gasteiger partial charge in [0, 0.05) is 33.3 Å². The largest absolute Gasteiger partial charge is 0.293 e. The van der Waals surface area contributed by atoms with E-state index in [9.17, 15) is 0 Å². The molecule has 0 saturated carbocycles. The zero-order valence-electron chi connectivity index (χ0n) is 28.1. The normalized spacial score (nSPS) is 11.5. The third kappa shape index (κ3) is 4.98. The molecule has 3 heterocycles. The Balaban J connectivity index is 1.15. The Morgan fingerprint density at radius 2 is 0.712 bits per heavy atom. The third-order valence-corrected chi connectivity index (χ3v) is 9.79. The number of aromatic nitrogens is 5. The zero-order chi connectivity index (χ0) is 34.4. The highest BCUT2D eigenvalue weighted by Crippen LogP contribution is 2.41. The van der Waals surface area contributed by atoms with E-state index in [0.29, 0.717) is 17.5 Å². The van der Waals surface area contributed by atoms with Gasteiger partial charge in [-0.05, 0) is 47.0 Å². The van der Waals surface area contributed by atoms with Crippen LogP contribution in [-0.2, 0) is 0 Å². The minimum absolute atomic E-state index is 0.638. The summed E-state index contributed by atoms with van der Waals surface area (Å²) in [6, 6.07) is 65.7. The Hall–Kier alpha value is -7.11. The van der Waals surface area contributed by atoms with Crippen molar-refractivity contribution in [3.8, 4) is 62.1 Å². The minimum Gasteiger partial charge on any atom is -0.293 e. The van der Waals surface area contributed by atoms with Crippen molar-refractivity contribution in [1.29, 1.82) is 0 Å². The predicted molar refractivity (Wildman–Crippen MR) is 212 cm³/mol. The maximum Gasteiger partial charge on any atom is 0.164 e. The second-order valence-electron chi connectivity index (χ2n) is 12.9. The van der Waals surface area contributed by atoms with E-state index < -0.39 is 0 Å². The Morgan fingerprint density at radius 3 is 1.29 bits per heavy atom. The fourth-order valence-electron chi connectivity index (χ4n) is 7.34. The SMILES string of the molecule is c1ccc(-c2ccc(-n3c4ccccc4n4c5ccccc5c(-c5ccc(-c6nc(-c7ccccc7)nc(-c7ccccc7)n6)cc5)c34)cc2)cc1. The van der Waals surface area contributed by atoms with Crippen molar-refractivity contribution in [1.82, 2.24) is 23.9 Å². The van der Waals surface area contributed by atoms with Crippen LogP contribution in [0.25, 0.3) is 89.7 Å². The maximum atomic E-state index is 4.97. The van der Waals surface area contributed by atoms with Crippen molar-refractivity contribution in [2.24, 2.45) is 0 Å². The number of imidazole rings is 1. The molecule has 0 N–H and O–H groups in total. The molecule has 5 heteroatoms. The fraction of sp³-hybridized carbons (Fsp3) is 0. The molecule has 0 radical (unpaired) electrons. The summed E-state index contributed by atoms with van der Waals surface area (Å²) >= 11 is 0. The third-order valence-electron chi connectivity index (χ3n) is 9.79. The average Bonchev–Trinajstić information content (AvgIpc) is 3.74. The van der Waals surface area contributed by atoms with E-state index >= 15 is 0 Å². The number of rotatable bonds is 6. The lowest BCUT2D eigenvalue weighted by Crippen LogP contribution is -2.00. The molecule has 10 rings (SSSR count). The number of para-hydroxylation sites is 3. The standard InChI is InChI=1S/C47H31N5/c1-4-14-32(15-5-1)33-28-30-38(31-29-33)51-41-22-12-13-23-42(41)52-40-21-11-10-20-39(40)43(47(51)52)34-24-26-37(27-25-34)46-49-44(35-16-6-2-7-17-35)48-45(50-46)36-18-8-3-9-19-36/h1-31H. The van der Waals surface area contributed by atoms with Crippen LogP contribution in [0.5, 0.6) is 0 Å². The van der Waals surface area contributed by atoms with Crippen LogP contribution in [0.15, 0.2) is 188 Å². The second-order valence-corrected chi connectivity index (χ2v) is 12.9. The number of hydrogen-bond donors (Lipinski definition) is 0.